The smallest absolute Gasteiger partial charge is 0.249 e. The van der Waals surface area contributed by atoms with Crippen LogP contribution in [0.3, 0.4) is 0 Å². The summed E-state index contributed by atoms with van der Waals surface area (Å²) in [5.74, 6) is -0.242. The molecule has 1 aromatic carbocycles. The van der Waals surface area contributed by atoms with E-state index in [1.54, 1.807) is 6.20 Å². The van der Waals surface area contributed by atoms with Gasteiger partial charge in [0.25, 0.3) is 0 Å². The number of thiazole rings is 1. The van der Waals surface area contributed by atoms with Crippen molar-refractivity contribution < 1.29 is 9.59 Å². The molecule has 1 aliphatic heterocycles. The van der Waals surface area contributed by atoms with E-state index in [9.17, 15) is 9.59 Å². The molecule has 0 aliphatic carbocycles. The minimum Gasteiger partial charge on any atom is -0.325 e. The number of hydrogen-bond donors (Lipinski definition) is 2. The van der Waals surface area contributed by atoms with E-state index in [4.69, 9.17) is 0 Å². The summed E-state index contributed by atoms with van der Waals surface area (Å²) < 4.78 is 0. The molecule has 3 rings (SSSR count). The molecular formula is C20H25N5O2S. The van der Waals surface area contributed by atoms with Crippen molar-refractivity contribution in [3.8, 4) is 0 Å². The number of carbonyl (C=O) groups is 2. The van der Waals surface area contributed by atoms with E-state index in [1.165, 1.54) is 17.4 Å². The summed E-state index contributed by atoms with van der Waals surface area (Å²) in [6.45, 7) is 9.34. The van der Waals surface area contributed by atoms with E-state index < -0.39 is 0 Å². The Morgan fingerprint density at radius 1 is 1.29 bits per heavy atom. The molecule has 0 spiro atoms. The third-order valence-corrected chi connectivity index (χ3v) is 5.50. The molecule has 0 bridgehead atoms. The maximum atomic E-state index is 12.3. The first kappa shape index (κ1) is 20.2. The molecule has 0 radical (unpaired) electrons. The Bertz CT molecular complexity index is 823. The van der Waals surface area contributed by atoms with Gasteiger partial charge < -0.3 is 5.32 Å². The zero-order chi connectivity index (χ0) is 19.9. The fraction of sp³-hybridized carbons (Fsp3) is 0.350. The first-order valence-electron chi connectivity index (χ1n) is 9.23. The Hall–Kier alpha value is -2.55. The zero-order valence-electron chi connectivity index (χ0n) is 15.9. The molecule has 7 nitrogen and oxygen atoms in total. The highest BCUT2D eigenvalue weighted by Gasteiger charge is 2.25. The van der Waals surface area contributed by atoms with E-state index in [1.807, 2.05) is 30.3 Å². The molecule has 2 aromatic rings. The standard InChI is InChI=1S/C20H25N5O2S/c1-3-18(26)23-20-21-11-17(28-20)13-25-10-9-24(12-15(25)2)14-19(27)22-16-7-5-4-6-8-16/h3-8,11,15H,1,9-10,12-14H2,2H3,(H,22,27)(H,21,23,26). The number of para-hydroxylation sites is 1. The second-order valence-corrected chi connectivity index (χ2v) is 7.91. The van der Waals surface area contributed by atoms with Crippen molar-refractivity contribution in [2.45, 2.75) is 19.5 Å². The van der Waals surface area contributed by atoms with Gasteiger partial charge in [-0.25, -0.2) is 4.98 Å². The Morgan fingerprint density at radius 3 is 2.79 bits per heavy atom. The van der Waals surface area contributed by atoms with Crippen molar-refractivity contribution in [1.82, 2.24) is 14.8 Å². The molecule has 2 N–H and O–H groups in total. The molecule has 148 valence electrons. The van der Waals surface area contributed by atoms with E-state index in [0.717, 1.165) is 36.7 Å². The Morgan fingerprint density at radius 2 is 2.07 bits per heavy atom. The molecule has 2 heterocycles. The van der Waals surface area contributed by atoms with Gasteiger partial charge in [-0.15, -0.1) is 11.3 Å². The highest BCUT2D eigenvalue weighted by atomic mass is 32.1. The Kier molecular flexibility index (Phi) is 6.91. The zero-order valence-corrected chi connectivity index (χ0v) is 16.7. The number of hydrogen-bond acceptors (Lipinski definition) is 6. The molecule has 28 heavy (non-hydrogen) atoms. The van der Waals surface area contributed by atoms with Crippen LogP contribution < -0.4 is 10.6 Å². The van der Waals surface area contributed by atoms with Crippen LogP contribution in [0.5, 0.6) is 0 Å². The van der Waals surface area contributed by atoms with Crippen LogP contribution in [-0.2, 0) is 16.1 Å². The number of rotatable bonds is 7. The van der Waals surface area contributed by atoms with E-state index in [2.05, 4.69) is 38.9 Å². The molecule has 8 heteroatoms. The number of carbonyl (C=O) groups excluding carboxylic acids is 2. The first-order valence-corrected chi connectivity index (χ1v) is 10.0. The molecule has 1 aromatic heterocycles. The molecule has 1 saturated heterocycles. The van der Waals surface area contributed by atoms with Gasteiger partial charge >= 0.3 is 0 Å². The lowest BCUT2D eigenvalue weighted by atomic mass is 10.2. The Balaban J connectivity index is 1.46. The minimum absolute atomic E-state index is 0.0110. The average Bonchev–Trinajstić information content (AvgIpc) is 3.11. The summed E-state index contributed by atoms with van der Waals surface area (Å²) in [6.07, 6.45) is 3.03. The van der Waals surface area contributed by atoms with Gasteiger partial charge in [0.2, 0.25) is 11.8 Å². The number of aromatic nitrogens is 1. The fourth-order valence-electron chi connectivity index (χ4n) is 3.17. The second-order valence-electron chi connectivity index (χ2n) is 6.79. The van der Waals surface area contributed by atoms with Crippen LogP contribution >= 0.6 is 11.3 Å². The summed E-state index contributed by atoms with van der Waals surface area (Å²) in [5.41, 5.74) is 0.823. The summed E-state index contributed by atoms with van der Waals surface area (Å²) in [7, 11) is 0. The van der Waals surface area contributed by atoms with E-state index in [0.29, 0.717) is 17.7 Å². The molecule has 2 amide bonds. The lowest BCUT2D eigenvalue weighted by molar-refractivity contribution is -0.118. The van der Waals surface area contributed by atoms with Crippen LogP contribution in [0.1, 0.15) is 11.8 Å². The normalized spacial score (nSPS) is 17.8. The van der Waals surface area contributed by atoms with E-state index >= 15 is 0 Å². The maximum absolute atomic E-state index is 12.3. The van der Waals surface area contributed by atoms with Crippen molar-refractivity contribution >= 4 is 34.0 Å². The van der Waals surface area contributed by atoms with Gasteiger partial charge in [0.05, 0.1) is 6.54 Å². The minimum atomic E-state index is -0.253. The average molecular weight is 400 g/mol. The van der Waals surface area contributed by atoms with Gasteiger partial charge in [0.1, 0.15) is 0 Å². The summed E-state index contributed by atoms with van der Waals surface area (Å²) in [4.78, 5) is 33.5. The largest absolute Gasteiger partial charge is 0.325 e. The van der Waals surface area contributed by atoms with Crippen molar-refractivity contribution in [2.24, 2.45) is 0 Å². The summed E-state index contributed by atoms with van der Waals surface area (Å²) in [6, 6.07) is 9.84. The quantitative estimate of drug-likeness (QED) is 0.699. The highest BCUT2D eigenvalue weighted by molar-refractivity contribution is 7.15. The number of anilines is 2. The molecule has 1 atom stereocenters. The molecule has 1 fully saturated rings. The number of amides is 2. The number of nitrogens with zero attached hydrogens (tertiary/aromatic N) is 3. The number of benzene rings is 1. The first-order chi connectivity index (χ1) is 13.5. The topological polar surface area (TPSA) is 77.6 Å². The van der Waals surface area contributed by atoms with Crippen molar-refractivity contribution in [1.29, 1.82) is 0 Å². The molecule has 1 aliphatic rings. The monoisotopic (exact) mass is 399 g/mol. The van der Waals surface area contributed by atoms with Crippen LogP contribution in [-0.4, -0.2) is 58.8 Å². The fourth-order valence-corrected chi connectivity index (χ4v) is 4.01. The van der Waals surface area contributed by atoms with Crippen LogP contribution in [0.25, 0.3) is 0 Å². The van der Waals surface area contributed by atoms with Crippen LogP contribution in [0.4, 0.5) is 10.8 Å². The Labute approximate surface area is 169 Å². The summed E-state index contributed by atoms with van der Waals surface area (Å²) in [5, 5.41) is 6.21. The van der Waals surface area contributed by atoms with Crippen LogP contribution in [0.15, 0.2) is 49.2 Å². The SMILES string of the molecule is C=CC(=O)Nc1ncc(CN2CCN(CC(=O)Nc3ccccc3)CC2C)s1. The predicted octanol–water partition coefficient (Wildman–Crippen LogP) is 2.41. The van der Waals surface area contributed by atoms with Crippen LogP contribution in [0, 0.1) is 0 Å². The van der Waals surface area contributed by atoms with Gasteiger partial charge in [0.15, 0.2) is 5.13 Å². The molecule has 0 saturated carbocycles. The van der Waals surface area contributed by atoms with Gasteiger partial charge in [-0.3, -0.25) is 24.7 Å². The third kappa shape index (κ3) is 5.72. The second kappa shape index (κ2) is 9.59. The molecule has 1 unspecified atom stereocenters. The molecular weight excluding hydrogens is 374 g/mol. The van der Waals surface area contributed by atoms with Crippen molar-refractivity contribution in [3.05, 3.63) is 54.1 Å². The van der Waals surface area contributed by atoms with Gasteiger partial charge in [-0.1, -0.05) is 24.8 Å². The van der Waals surface area contributed by atoms with Crippen LogP contribution in [0.2, 0.25) is 0 Å². The lowest BCUT2D eigenvalue weighted by Crippen LogP contribution is -2.52. The number of nitrogens with one attached hydrogen (secondary N) is 2. The summed E-state index contributed by atoms with van der Waals surface area (Å²) >= 11 is 1.47. The van der Waals surface area contributed by atoms with Gasteiger partial charge in [-0.05, 0) is 25.1 Å². The predicted molar refractivity (Wildman–Crippen MR) is 112 cm³/mol. The third-order valence-electron chi connectivity index (χ3n) is 4.60. The van der Waals surface area contributed by atoms with E-state index in [-0.39, 0.29) is 11.8 Å². The van der Waals surface area contributed by atoms with Gasteiger partial charge in [0, 0.05) is 49.0 Å². The van der Waals surface area contributed by atoms with Crippen molar-refractivity contribution in [3.63, 3.8) is 0 Å². The van der Waals surface area contributed by atoms with Gasteiger partial charge in [-0.2, -0.15) is 0 Å². The maximum Gasteiger partial charge on any atom is 0.249 e. The number of piperazine rings is 1. The van der Waals surface area contributed by atoms with Crippen molar-refractivity contribution in [2.75, 3.05) is 36.8 Å². The lowest BCUT2D eigenvalue weighted by Gasteiger charge is -2.39. The highest BCUT2D eigenvalue weighted by Crippen LogP contribution is 2.22.